The molecule has 0 saturated heterocycles. The molecule has 3 heteroatoms. The normalized spacial score (nSPS) is 35.5. The van der Waals surface area contributed by atoms with Crippen molar-refractivity contribution in [1.29, 1.82) is 0 Å². The van der Waals surface area contributed by atoms with Crippen molar-refractivity contribution < 1.29 is 14.3 Å². The molecule has 0 spiro atoms. The Labute approximate surface area is 137 Å². The fraction of sp³-hybridized carbons (Fsp3) is 0.947. The summed E-state index contributed by atoms with van der Waals surface area (Å²) in [6, 6.07) is 0. The minimum Gasteiger partial charge on any atom is -0.438 e. The average Bonchev–Trinajstić information content (AvgIpc) is 2.40. The van der Waals surface area contributed by atoms with Gasteiger partial charge in [0.25, 0.3) is 0 Å². The van der Waals surface area contributed by atoms with Gasteiger partial charge in [0.2, 0.25) is 0 Å². The van der Waals surface area contributed by atoms with Crippen LogP contribution in [0.4, 0.5) is 0 Å². The maximum Gasteiger partial charge on any atom is 0.313 e. The molecule has 4 saturated carbocycles. The van der Waals surface area contributed by atoms with E-state index in [0.29, 0.717) is 6.10 Å². The fourth-order valence-corrected chi connectivity index (χ4v) is 4.65. The van der Waals surface area contributed by atoms with Gasteiger partial charge in [-0.05, 0) is 76.0 Å². The molecule has 0 amide bonds. The highest BCUT2D eigenvalue weighted by Gasteiger charge is 2.48. The molecule has 130 valence electrons. The first-order chi connectivity index (χ1) is 9.49. The molecule has 0 aromatic carbocycles. The molecule has 0 heterocycles. The van der Waals surface area contributed by atoms with E-state index in [9.17, 15) is 4.79 Å². The van der Waals surface area contributed by atoms with Crippen LogP contribution >= 0.6 is 0 Å². The van der Waals surface area contributed by atoms with Crippen LogP contribution in [0.3, 0.4) is 0 Å². The van der Waals surface area contributed by atoms with Gasteiger partial charge in [-0.15, -0.1) is 0 Å². The molecule has 0 atom stereocenters. The lowest BCUT2D eigenvalue weighted by Crippen LogP contribution is -2.49. The second-order valence-electron chi connectivity index (χ2n) is 7.85. The standard InChI is InChI=1S/C17H28O3.2CH4/c1-4-17(2,3)16(18)20-10-19-15-13-6-11-5-12(8-13)9-14(15)7-11;;/h11-15H,4-10H2,1-3H3;2*1H4. The third kappa shape index (κ3) is 3.67. The summed E-state index contributed by atoms with van der Waals surface area (Å²) in [7, 11) is 0. The molecule has 4 bridgehead atoms. The van der Waals surface area contributed by atoms with Crippen LogP contribution in [0.5, 0.6) is 0 Å². The quantitative estimate of drug-likeness (QED) is 0.527. The Morgan fingerprint density at radius 1 is 1.00 bits per heavy atom. The zero-order valence-corrected chi connectivity index (χ0v) is 13.1. The summed E-state index contributed by atoms with van der Waals surface area (Å²) in [6.45, 7) is 6.02. The maximum atomic E-state index is 11.9. The minimum atomic E-state index is -0.395. The van der Waals surface area contributed by atoms with Crippen molar-refractivity contribution in [3.63, 3.8) is 0 Å². The first-order valence-corrected chi connectivity index (χ1v) is 8.28. The van der Waals surface area contributed by atoms with E-state index in [2.05, 4.69) is 0 Å². The number of ether oxygens (including phenoxy) is 2. The van der Waals surface area contributed by atoms with Crippen LogP contribution in [-0.2, 0) is 14.3 Å². The molecular formula is C19H36O3. The van der Waals surface area contributed by atoms with Crippen molar-refractivity contribution in [3.8, 4) is 0 Å². The zero-order chi connectivity index (χ0) is 14.3. The second-order valence-corrected chi connectivity index (χ2v) is 7.85. The smallest absolute Gasteiger partial charge is 0.313 e. The topological polar surface area (TPSA) is 35.5 Å². The van der Waals surface area contributed by atoms with Gasteiger partial charge in [-0.3, -0.25) is 4.79 Å². The Morgan fingerprint density at radius 3 is 1.95 bits per heavy atom. The van der Waals surface area contributed by atoms with Crippen molar-refractivity contribution in [2.75, 3.05) is 6.79 Å². The lowest BCUT2D eigenvalue weighted by Gasteiger charge is -2.53. The molecule has 0 aromatic rings. The summed E-state index contributed by atoms with van der Waals surface area (Å²) in [5.74, 6) is 3.23. The zero-order valence-electron chi connectivity index (χ0n) is 13.1. The average molecular weight is 312 g/mol. The summed E-state index contributed by atoms with van der Waals surface area (Å²) in [5.41, 5.74) is -0.395. The van der Waals surface area contributed by atoms with Crippen molar-refractivity contribution in [1.82, 2.24) is 0 Å². The predicted octanol–water partition coefficient (Wildman–Crippen LogP) is 5.04. The lowest BCUT2D eigenvalue weighted by molar-refractivity contribution is -0.193. The lowest BCUT2D eigenvalue weighted by atomic mass is 9.55. The molecule has 3 nitrogen and oxygen atoms in total. The Kier molecular flexibility index (Phi) is 6.49. The largest absolute Gasteiger partial charge is 0.438 e. The molecule has 0 N–H and O–H groups in total. The maximum absolute atomic E-state index is 11.9. The number of rotatable bonds is 5. The van der Waals surface area contributed by atoms with E-state index < -0.39 is 5.41 Å². The molecule has 0 unspecified atom stereocenters. The second kappa shape index (κ2) is 7.33. The van der Waals surface area contributed by atoms with E-state index >= 15 is 0 Å². The van der Waals surface area contributed by atoms with Crippen LogP contribution < -0.4 is 0 Å². The van der Waals surface area contributed by atoms with Crippen LogP contribution in [-0.4, -0.2) is 18.9 Å². The van der Waals surface area contributed by atoms with Crippen molar-refractivity contribution in [2.45, 2.75) is 80.3 Å². The third-order valence-electron chi connectivity index (χ3n) is 6.03. The Bertz CT molecular complexity index is 347. The van der Waals surface area contributed by atoms with Crippen LogP contribution in [0.15, 0.2) is 0 Å². The molecule has 0 radical (unpaired) electrons. The number of carbonyl (C=O) groups is 1. The summed E-state index contributed by atoms with van der Waals surface area (Å²) < 4.78 is 11.3. The molecule has 4 fully saturated rings. The van der Waals surface area contributed by atoms with Crippen LogP contribution in [0, 0.1) is 29.1 Å². The van der Waals surface area contributed by atoms with Gasteiger partial charge in [0.1, 0.15) is 0 Å². The van der Waals surface area contributed by atoms with Gasteiger partial charge >= 0.3 is 5.97 Å². The first-order valence-electron chi connectivity index (χ1n) is 8.28. The van der Waals surface area contributed by atoms with Crippen molar-refractivity contribution >= 4 is 5.97 Å². The Balaban J connectivity index is 0.00000121. The number of esters is 1. The molecule has 4 rings (SSSR count). The third-order valence-corrected chi connectivity index (χ3v) is 6.03. The molecule has 4 aliphatic rings. The van der Waals surface area contributed by atoms with Crippen molar-refractivity contribution in [3.05, 3.63) is 0 Å². The summed E-state index contributed by atoms with van der Waals surface area (Å²) in [4.78, 5) is 11.9. The Hall–Kier alpha value is -0.570. The van der Waals surface area contributed by atoms with Gasteiger partial charge in [0, 0.05) is 0 Å². The van der Waals surface area contributed by atoms with Gasteiger partial charge < -0.3 is 9.47 Å². The van der Waals surface area contributed by atoms with E-state index in [0.717, 1.165) is 30.1 Å². The van der Waals surface area contributed by atoms with Gasteiger partial charge in [-0.2, -0.15) is 0 Å². The van der Waals surface area contributed by atoms with Crippen molar-refractivity contribution in [2.24, 2.45) is 29.1 Å². The summed E-state index contributed by atoms with van der Waals surface area (Å²) >= 11 is 0. The molecule has 0 aliphatic heterocycles. The fourth-order valence-electron chi connectivity index (χ4n) is 4.65. The molecule has 0 aromatic heterocycles. The van der Waals surface area contributed by atoms with E-state index in [-0.39, 0.29) is 27.6 Å². The van der Waals surface area contributed by atoms with Gasteiger partial charge in [0.05, 0.1) is 11.5 Å². The number of hydrogen-bond acceptors (Lipinski definition) is 3. The van der Waals surface area contributed by atoms with E-state index in [1.54, 1.807) is 0 Å². The number of hydrogen-bond donors (Lipinski definition) is 0. The van der Waals surface area contributed by atoms with Gasteiger partial charge in [-0.1, -0.05) is 21.8 Å². The van der Waals surface area contributed by atoms with Gasteiger partial charge in [0.15, 0.2) is 6.79 Å². The highest BCUT2D eigenvalue weighted by molar-refractivity contribution is 5.75. The number of carbonyl (C=O) groups excluding carboxylic acids is 1. The highest BCUT2D eigenvalue weighted by atomic mass is 16.7. The Morgan fingerprint density at radius 2 is 1.50 bits per heavy atom. The minimum absolute atomic E-state index is 0. The van der Waals surface area contributed by atoms with E-state index in [4.69, 9.17) is 9.47 Å². The van der Waals surface area contributed by atoms with Gasteiger partial charge in [-0.25, -0.2) is 0 Å². The predicted molar refractivity (Wildman–Crippen MR) is 90.4 cm³/mol. The van der Waals surface area contributed by atoms with Crippen LogP contribution in [0.1, 0.15) is 74.1 Å². The highest BCUT2D eigenvalue weighted by Crippen LogP contribution is 2.54. The van der Waals surface area contributed by atoms with E-state index in [1.807, 2.05) is 20.8 Å². The van der Waals surface area contributed by atoms with Crippen LogP contribution in [0.2, 0.25) is 0 Å². The van der Waals surface area contributed by atoms with E-state index in [1.165, 1.54) is 32.1 Å². The summed E-state index contributed by atoms with van der Waals surface area (Å²) in [5, 5.41) is 0. The summed E-state index contributed by atoms with van der Waals surface area (Å²) in [6.07, 6.45) is 7.96. The first kappa shape index (κ1) is 19.5. The van der Waals surface area contributed by atoms with Crippen LogP contribution in [0.25, 0.3) is 0 Å². The molecule has 22 heavy (non-hydrogen) atoms. The molecule has 4 aliphatic carbocycles. The molecular weight excluding hydrogens is 276 g/mol. The monoisotopic (exact) mass is 312 g/mol. The SMILES string of the molecule is C.C.CCC(C)(C)C(=O)OCOC1C2CC3CC(C2)CC1C3.